The van der Waals surface area contributed by atoms with Gasteiger partial charge in [-0.05, 0) is 29.5 Å². The smallest absolute Gasteiger partial charge is 1.00 e. The van der Waals surface area contributed by atoms with Crippen molar-refractivity contribution in [3.8, 4) is 0 Å². The van der Waals surface area contributed by atoms with Gasteiger partial charge in [0.05, 0.1) is 0 Å². The minimum absolute atomic E-state index is 0. The molecule has 0 radical (unpaired) electrons. The van der Waals surface area contributed by atoms with Crippen LogP contribution < -0.4 is 24.8 Å². The molecule has 0 amide bonds. The first-order valence-electron chi connectivity index (χ1n) is 8.95. The molecule has 0 aromatic heterocycles. The van der Waals surface area contributed by atoms with E-state index in [4.69, 9.17) is 0 Å². The molecule has 4 rings (SSSR count). The molecule has 0 saturated heterocycles. The minimum Gasteiger partial charge on any atom is -1.00 e. The summed E-state index contributed by atoms with van der Waals surface area (Å²) in [6.07, 6.45) is 19.8. The maximum absolute atomic E-state index is 9.90. The van der Waals surface area contributed by atoms with Crippen LogP contribution in [-0.2, 0) is 26.2 Å². The number of halogens is 2. The van der Waals surface area contributed by atoms with Crippen molar-refractivity contribution >= 4 is 6.08 Å². The molecule has 0 spiro atoms. The van der Waals surface area contributed by atoms with E-state index in [0.29, 0.717) is 11.8 Å². The molecule has 3 aliphatic carbocycles. The Bertz CT molecular complexity index is 806. The second-order valence-electron chi connectivity index (χ2n) is 6.96. The molecule has 0 saturated carbocycles. The zero-order valence-electron chi connectivity index (χ0n) is 15.4. The second kappa shape index (κ2) is 10.2. The number of aliphatic hydroxyl groups excluding tert-OH is 1. The van der Waals surface area contributed by atoms with Gasteiger partial charge >= 0.3 is 26.2 Å². The van der Waals surface area contributed by atoms with E-state index in [9.17, 15) is 5.11 Å². The first-order valence-corrected chi connectivity index (χ1v) is 8.95. The normalized spacial score (nSPS) is 23.0. The number of hydrogen-bond acceptors (Lipinski definition) is 1. The average molecular weight is 479 g/mol. The molecule has 0 aliphatic heterocycles. The molecule has 27 heavy (non-hydrogen) atoms. The molecule has 4 heteroatoms. The van der Waals surface area contributed by atoms with Crippen molar-refractivity contribution in [2.75, 3.05) is 6.61 Å². The van der Waals surface area contributed by atoms with E-state index in [1.54, 1.807) is 0 Å². The van der Waals surface area contributed by atoms with Crippen LogP contribution in [0, 0.1) is 11.3 Å². The Hall–Kier alpha value is -0.657. The third-order valence-corrected chi connectivity index (χ3v) is 6.01. The monoisotopic (exact) mass is 476 g/mol. The molecular weight excluding hydrogens is 454 g/mol. The molecule has 3 aliphatic rings. The summed E-state index contributed by atoms with van der Waals surface area (Å²) in [5.74, 6) is 0.701. The molecule has 1 aromatic rings. The van der Waals surface area contributed by atoms with Crippen LogP contribution in [0.5, 0.6) is 0 Å². The Morgan fingerprint density at radius 2 is 1.78 bits per heavy atom. The molecule has 1 N–H and O–H groups in total. The van der Waals surface area contributed by atoms with Crippen LogP contribution in [0.3, 0.4) is 0 Å². The van der Waals surface area contributed by atoms with Crippen molar-refractivity contribution in [1.82, 2.24) is 0 Å². The van der Waals surface area contributed by atoms with Crippen molar-refractivity contribution in [2.24, 2.45) is 11.3 Å². The molecule has 1 aromatic carbocycles. The zero-order chi connectivity index (χ0) is 16.6. The standard InChI is InChI=1S/C23H24O.2ClH.Zr/c1-2-23(15-16-24,21-13-11-17-7-3-5-9-19(17)21)22-14-12-18-8-4-6-10-20(18)22;;;/h3-14,19,22,24H,2,15-16H2,1H3;2*1H;/q;;;+2/p-2. The molecule has 3 atom stereocenters. The Labute approximate surface area is 194 Å². The summed E-state index contributed by atoms with van der Waals surface area (Å²) in [6, 6.07) is 8.69. The maximum atomic E-state index is 9.90. The van der Waals surface area contributed by atoms with Crippen molar-refractivity contribution in [3.63, 3.8) is 0 Å². The first-order chi connectivity index (χ1) is 11.8. The number of hydrogen-bond donors (Lipinski definition) is 1. The number of fused-ring (bicyclic) bond motifs is 2. The van der Waals surface area contributed by atoms with E-state index >= 15 is 0 Å². The third kappa shape index (κ3) is 4.06. The largest absolute Gasteiger partial charge is 2.00 e. The quantitative estimate of drug-likeness (QED) is 0.587. The van der Waals surface area contributed by atoms with E-state index in [1.807, 2.05) is 0 Å². The number of allylic oxidation sites excluding steroid dienone is 9. The van der Waals surface area contributed by atoms with Crippen LogP contribution >= 0.6 is 0 Å². The summed E-state index contributed by atoms with van der Waals surface area (Å²) in [5, 5.41) is 9.90. The third-order valence-electron chi connectivity index (χ3n) is 6.01. The summed E-state index contributed by atoms with van der Waals surface area (Å²) in [7, 11) is 0. The predicted molar refractivity (Wildman–Crippen MR) is 101 cm³/mol. The fourth-order valence-electron chi connectivity index (χ4n) is 4.78. The summed E-state index contributed by atoms with van der Waals surface area (Å²) >= 11 is 0. The number of rotatable bonds is 5. The Morgan fingerprint density at radius 3 is 2.52 bits per heavy atom. The van der Waals surface area contributed by atoms with Crippen molar-refractivity contribution in [2.45, 2.75) is 25.7 Å². The summed E-state index contributed by atoms with van der Waals surface area (Å²) in [6.45, 7) is 2.49. The molecule has 0 fully saturated rings. The van der Waals surface area contributed by atoms with Gasteiger partial charge in [-0.15, -0.1) is 0 Å². The van der Waals surface area contributed by atoms with E-state index in [0.717, 1.165) is 12.8 Å². The van der Waals surface area contributed by atoms with Crippen molar-refractivity contribution < 1.29 is 56.1 Å². The van der Waals surface area contributed by atoms with Crippen LogP contribution in [0.2, 0.25) is 0 Å². The van der Waals surface area contributed by atoms with Gasteiger partial charge in [0, 0.05) is 23.9 Å². The number of benzene rings is 1. The van der Waals surface area contributed by atoms with Gasteiger partial charge in [0.25, 0.3) is 0 Å². The van der Waals surface area contributed by atoms with Gasteiger partial charge < -0.3 is 29.9 Å². The SMILES string of the molecule is CCC(CCO)(C1=CC=C2C=CC=CC21)C1C=Cc2ccccc21.[Cl-].[Cl-].[Zr+2]. The van der Waals surface area contributed by atoms with E-state index in [-0.39, 0.29) is 63.0 Å². The molecule has 3 unspecified atom stereocenters. The second-order valence-corrected chi connectivity index (χ2v) is 6.96. The van der Waals surface area contributed by atoms with E-state index in [1.165, 1.54) is 22.3 Å². The van der Waals surface area contributed by atoms with Crippen LogP contribution in [0.25, 0.3) is 6.08 Å². The first kappa shape index (κ1) is 24.4. The summed E-state index contributed by atoms with van der Waals surface area (Å²) < 4.78 is 0. The average Bonchev–Trinajstić information content (AvgIpc) is 3.25. The van der Waals surface area contributed by atoms with Crippen molar-refractivity contribution in [1.29, 1.82) is 0 Å². The fraction of sp³-hybridized carbons (Fsp3) is 0.304. The van der Waals surface area contributed by atoms with Gasteiger partial charge in [-0.25, -0.2) is 0 Å². The van der Waals surface area contributed by atoms with Gasteiger partial charge in [-0.3, -0.25) is 0 Å². The summed E-state index contributed by atoms with van der Waals surface area (Å²) in [5.41, 5.74) is 5.53. The maximum Gasteiger partial charge on any atom is 2.00 e. The Balaban J connectivity index is 0.00000121. The molecule has 0 heterocycles. The summed E-state index contributed by atoms with van der Waals surface area (Å²) in [4.78, 5) is 0. The van der Waals surface area contributed by atoms with E-state index < -0.39 is 0 Å². The van der Waals surface area contributed by atoms with Crippen LogP contribution in [0.15, 0.2) is 77.9 Å². The molecule has 0 bridgehead atoms. The van der Waals surface area contributed by atoms with Gasteiger partial charge in [0.15, 0.2) is 0 Å². The Morgan fingerprint density at radius 1 is 1.00 bits per heavy atom. The zero-order valence-corrected chi connectivity index (χ0v) is 19.4. The Kier molecular flexibility index (Phi) is 9.22. The van der Waals surface area contributed by atoms with Crippen molar-refractivity contribution in [3.05, 3.63) is 89.1 Å². The predicted octanol–water partition coefficient (Wildman–Crippen LogP) is -0.810. The topological polar surface area (TPSA) is 20.2 Å². The molecule has 1 nitrogen and oxygen atoms in total. The van der Waals surface area contributed by atoms with Crippen LogP contribution in [0.1, 0.15) is 36.8 Å². The van der Waals surface area contributed by atoms with Gasteiger partial charge in [0.2, 0.25) is 0 Å². The van der Waals surface area contributed by atoms with Gasteiger partial charge in [-0.1, -0.05) is 85.4 Å². The minimum atomic E-state index is -0.0315. The molecular formula is C23H24Cl2OZr. The van der Waals surface area contributed by atoms with Crippen LogP contribution in [0.4, 0.5) is 0 Å². The van der Waals surface area contributed by atoms with E-state index in [2.05, 4.69) is 79.8 Å². The molecule has 140 valence electrons. The fourth-order valence-corrected chi connectivity index (χ4v) is 4.78. The number of aliphatic hydroxyl groups is 1. The van der Waals surface area contributed by atoms with Gasteiger partial charge in [0.1, 0.15) is 0 Å². The van der Waals surface area contributed by atoms with Crippen LogP contribution in [-0.4, -0.2) is 11.7 Å². The van der Waals surface area contributed by atoms with Gasteiger partial charge in [-0.2, -0.15) is 0 Å².